The van der Waals surface area contributed by atoms with Gasteiger partial charge in [-0.2, -0.15) is 0 Å². The summed E-state index contributed by atoms with van der Waals surface area (Å²) in [6, 6.07) is -0.0961. The topological polar surface area (TPSA) is 83.6 Å². The number of nitrogens with two attached hydrogens (primary N) is 1. The minimum absolute atomic E-state index is 0.0762. The van der Waals surface area contributed by atoms with Gasteiger partial charge >= 0.3 is 5.97 Å². The fourth-order valence-electron chi connectivity index (χ4n) is 3.25. The fourth-order valence-corrected chi connectivity index (χ4v) is 3.25. The molecule has 0 aromatic heterocycles. The number of carbonyl (C=O) groups excluding carboxylic acids is 1. The molecule has 5 nitrogen and oxygen atoms in total. The van der Waals surface area contributed by atoms with Crippen LogP contribution < -0.4 is 5.73 Å². The Morgan fingerprint density at radius 1 is 1.47 bits per heavy atom. The molecule has 1 saturated heterocycles. The summed E-state index contributed by atoms with van der Waals surface area (Å²) >= 11 is 0. The maximum Gasteiger partial charge on any atom is 0.329 e. The molecule has 19 heavy (non-hydrogen) atoms. The third-order valence-electron chi connectivity index (χ3n) is 4.49. The number of carboxylic acids is 1. The molecule has 2 rings (SSSR count). The van der Waals surface area contributed by atoms with Crippen LogP contribution in [0, 0.1) is 5.92 Å². The van der Waals surface area contributed by atoms with E-state index in [0.29, 0.717) is 31.7 Å². The van der Waals surface area contributed by atoms with E-state index in [0.717, 1.165) is 25.7 Å². The van der Waals surface area contributed by atoms with Crippen molar-refractivity contribution in [3.63, 3.8) is 0 Å². The highest BCUT2D eigenvalue weighted by atomic mass is 16.4. The van der Waals surface area contributed by atoms with E-state index < -0.39 is 11.5 Å². The Balaban J connectivity index is 2.07. The number of aliphatic carboxylic acids is 1. The largest absolute Gasteiger partial charge is 0.479 e. The number of hydrogen-bond acceptors (Lipinski definition) is 3. The number of likely N-dealkylation sites (tertiary alicyclic amines) is 1. The van der Waals surface area contributed by atoms with Crippen LogP contribution in [0.1, 0.15) is 51.9 Å². The van der Waals surface area contributed by atoms with Crippen molar-refractivity contribution in [2.75, 3.05) is 6.54 Å². The molecule has 1 aliphatic carbocycles. The third kappa shape index (κ3) is 2.76. The van der Waals surface area contributed by atoms with Crippen LogP contribution in [0.5, 0.6) is 0 Å². The van der Waals surface area contributed by atoms with Gasteiger partial charge in [0.25, 0.3) is 0 Å². The molecule has 0 aromatic carbocycles. The summed E-state index contributed by atoms with van der Waals surface area (Å²) in [5.41, 5.74) is 5.01. The van der Waals surface area contributed by atoms with Crippen LogP contribution in [0.25, 0.3) is 0 Å². The number of nitrogens with zero attached hydrogens (tertiary/aromatic N) is 1. The van der Waals surface area contributed by atoms with Crippen LogP contribution in [-0.4, -0.2) is 40.0 Å². The lowest BCUT2D eigenvalue weighted by molar-refractivity contribution is -0.157. The zero-order chi connectivity index (χ0) is 14.0. The molecule has 0 aromatic rings. The van der Waals surface area contributed by atoms with E-state index in [2.05, 4.69) is 0 Å². The number of amides is 1. The molecule has 1 saturated carbocycles. The molecule has 1 aliphatic heterocycles. The van der Waals surface area contributed by atoms with E-state index in [1.807, 2.05) is 6.92 Å². The highest BCUT2D eigenvalue weighted by Crippen LogP contribution is 2.37. The quantitative estimate of drug-likeness (QED) is 0.762. The normalized spacial score (nSPS) is 28.4. The Bertz CT molecular complexity index is 368. The zero-order valence-electron chi connectivity index (χ0n) is 11.6. The molecule has 2 fully saturated rings. The molecule has 2 unspecified atom stereocenters. The van der Waals surface area contributed by atoms with Crippen LogP contribution in [0.15, 0.2) is 0 Å². The molecule has 2 aliphatic rings. The highest BCUT2D eigenvalue weighted by Gasteiger charge is 2.49. The molecule has 0 bridgehead atoms. The second-order valence-corrected chi connectivity index (χ2v) is 5.94. The van der Waals surface area contributed by atoms with Crippen LogP contribution >= 0.6 is 0 Å². The van der Waals surface area contributed by atoms with Gasteiger partial charge in [-0.25, -0.2) is 4.79 Å². The van der Waals surface area contributed by atoms with Crippen LogP contribution in [0.2, 0.25) is 0 Å². The van der Waals surface area contributed by atoms with E-state index in [4.69, 9.17) is 5.73 Å². The van der Waals surface area contributed by atoms with E-state index in [9.17, 15) is 14.7 Å². The number of rotatable bonds is 6. The third-order valence-corrected chi connectivity index (χ3v) is 4.49. The van der Waals surface area contributed by atoms with Crippen LogP contribution in [0.3, 0.4) is 0 Å². The number of carboxylic acid groups (broad SMARTS) is 1. The van der Waals surface area contributed by atoms with Crippen molar-refractivity contribution in [2.24, 2.45) is 11.7 Å². The van der Waals surface area contributed by atoms with Crippen molar-refractivity contribution in [2.45, 2.75) is 63.5 Å². The Morgan fingerprint density at radius 2 is 2.16 bits per heavy atom. The summed E-state index contributed by atoms with van der Waals surface area (Å²) in [5.74, 6) is -0.468. The van der Waals surface area contributed by atoms with Gasteiger partial charge in [0.05, 0.1) is 0 Å². The van der Waals surface area contributed by atoms with Gasteiger partial charge in [-0.3, -0.25) is 4.79 Å². The van der Waals surface area contributed by atoms with E-state index in [1.165, 1.54) is 0 Å². The van der Waals surface area contributed by atoms with Gasteiger partial charge in [-0.05, 0) is 38.0 Å². The van der Waals surface area contributed by atoms with Gasteiger partial charge in [0, 0.05) is 19.0 Å². The molecule has 3 N–H and O–H groups in total. The summed E-state index contributed by atoms with van der Waals surface area (Å²) in [7, 11) is 0. The monoisotopic (exact) mass is 268 g/mol. The van der Waals surface area contributed by atoms with Crippen LogP contribution in [0.4, 0.5) is 0 Å². The molecular formula is C14H24N2O3. The lowest BCUT2D eigenvalue weighted by atomic mass is 9.90. The van der Waals surface area contributed by atoms with Crippen molar-refractivity contribution in [1.29, 1.82) is 0 Å². The molecule has 108 valence electrons. The Kier molecular flexibility index (Phi) is 4.13. The molecule has 5 heteroatoms. The minimum atomic E-state index is -0.977. The van der Waals surface area contributed by atoms with E-state index >= 15 is 0 Å². The summed E-state index contributed by atoms with van der Waals surface area (Å²) in [6.07, 6.45) is 5.15. The second kappa shape index (κ2) is 5.49. The summed E-state index contributed by atoms with van der Waals surface area (Å²) in [5, 5.41) is 9.54. The lowest BCUT2D eigenvalue weighted by Crippen LogP contribution is -2.54. The van der Waals surface area contributed by atoms with Gasteiger partial charge in [0.2, 0.25) is 5.91 Å². The van der Waals surface area contributed by atoms with Gasteiger partial charge in [0.15, 0.2) is 0 Å². The standard InChI is InChI=1S/C14H24N2O3/c1-2-6-14(13(18)19)7-3-8-16(14)12(17)9-11(15)10-4-5-10/h10-11H,2-9,15H2,1H3,(H,18,19). The van der Waals surface area contributed by atoms with Gasteiger partial charge in [0.1, 0.15) is 5.54 Å². The second-order valence-electron chi connectivity index (χ2n) is 5.94. The number of carbonyl (C=O) groups is 2. The maximum absolute atomic E-state index is 12.4. The first-order chi connectivity index (χ1) is 9.01. The maximum atomic E-state index is 12.4. The Labute approximate surface area is 114 Å². The minimum Gasteiger partial charge on any atom is -0.479 e. The first-order valence-corrected chi connectivity index (χ1v) is 7.30. The average molecular weight is 268 g/mol. The smallest absolute Gasteiger partial charge is 0.329 e. The van der Waals surface area contributed by atoms with Gasteiger partial charge in [-0.1, -0.05) is 13.3 Å². The molecule has 0 radical (unpaired) electrons. The Morgan fingerprint density at radius 3 is 2.68 bits per heavy atom. The first kappa shape index (κ1) is 14.3. The molecular weight excluding hydrogens is 244 g/mol. The van der Waals surface area contributed by atoms with Crippen molar-refractivity contribution >= 4 is 11.9 Å². The SMILES string of the molecule is CCCC1(C(=O)O)CCCN1C(=O)CC(N)C1CC1. The summed E-state index contributed by atoms with van der Waals surface area (Å²) in [6.45, 7) is 2.52. The number of hydrogen-bond donors (Lipinski definition) is 2. The van der Waals surface area contributed by atoms with Crippen LogP contribution in [-0.2, 0) is 9.59 Å². The van der Waals surface area contributed by atoms with E-state index in [-0.39, 0.29) is 11.9 Å². The summed E-state index contributed by atoms with van der Waals surface area (Å²) < 4.78 is 0. The van der Waals surface area contributed by atoms with Gasteiger partial charge in [-0.15, -0.1) is 0 Å². The molecule has 1 heterocycles. The zero-order valence-corrected chi connectivity index (χ0v) is 11.6. The first-order valence-electron chi connectivity index (χ1n) is 7.30. The average Bonchev–Trinajstić information content (AvgIpc) is 3.11. The van der Waals surface area contributed by atoms with Crippen molar-refractivity contribution in [3.05, 3.63) is 0 Å². The lowest BCUT2D eigenvalue weighted by Gasteiger charge is -2.35. The highest BCUT2D eigenvalue weighted by molar-refractivity contribution is 5.88. The summed E-state index contributed by atoms with van der Waals surface area (Å²) in [4.78, 5) is 25.6. The molecule has 0 spiro atoms. The van der Waals surface area contributed by atoms with E-state index in [1.54, 1.807) is 4.90 Å². The van der Waals surface area contributed by atoms with Crippen molar-refractivity contribution in [3.8, 4) is 0 Å². The predicted octanol–water partition coefficient (Wildman–Crippen LogP) is 1.36. The van der Waals surface area contributed by atoms with Crippen molar-refractivity contribution in [1.82, 2.24) is 4.90 Å². The fraction of sp³-hybridized carbons (Fsp3) is 0.857. The predicted molar refractivity (Wildman–Crippen MR) is 71.5 cm³/mol. The molecule has 1 amide bonds. The molecule has 2 atom stereocenters. The Hall–Kier alpha value is -1.10. The van der Waals surface area contributed by atoms with Crippen molar-refractivity contribution < 1.29 is 14.7 Å². The van der Waals surface area contributed by atoms with Gasteiger partial charge < -0.3 is 15.7 Å².